The molecule has 0 atom stereocenters. The number of hydrogen-bond acceptors (Lipinski definition) is 3. The largest absolute Gasteiger partial charge is 0.416 e. The molecule has 1 aromatic heterocycles. The Kier molecular flexibility index (Phi) is 5.98. The van der Waals surface area contributed by atoms with E-state index in [0.717, 1.165) is 30.7 Å². The van der Waals surface area contributed by atoms with E-state index in [4.69, 9.17) is 0 Å². The highest BCUT2D eigenvalue weighted by Gasteiger charge is 2.30. The zero-order valence-corrected chi connectivity index (χ0v) is 14.9. The van der Waals surface area contributed by atoms with Gasteiger partial charge in [0.1, 0.15) is 0 Å². The lowest BCUT2D eigenvalue weighted by atomic mass is 10.1. The Morgan fingerprint density at radius 1 is 0.963 bits per heavy atom. The molecular weight excluding hydrogens is 355 g/mol. The highest BCUT2D eigenvalue weighted by Crippen LogP contribution is 2.30. The first kappa shape index (κ1) is 19.2. The van der Waals surface area contributed by atoms with Crippen molar-refractivity contribution in [2.24, 2.45) is 0 Å². The van der Waals surface area contributed by atoms with Crippen molar-refractivity contribution >= 4 is 17.3 Å². The Labute approximate surface area is 156 Å². The van der Waals surface area contributed by atoms with Gasteiger partial charge in [0.05, 0.1) is 16.8 Å². The minimum Gasteiger partial charge on any atom is -0.381 e. The van der Waals surface area contributed by atoms with Gasteiger partial charge >= 0.3 is 6.18 Å². The first-order chi connectivity index (χ1) is 12.9. The van der Waals surface area contributed by atoms with E-state index in [0.29, 0.717) is 17.3 Å². The van der Waals surface area contributed by atoms with Crippen LogP contribution in [0.2, 0.25) is 0 Å². The fourth-order valence-corrected chi connectivity index (χ4v) is 3.25. The molecule has 0 bridgehead atoms. The summed E-state index contributed by atoms with van der Waals surface area (Å²) in [6.07, 6.45) is 5.82. The molecule has 0 aliphatic heterocycles. The van der Waals surface area contributed by atoms with E-state index in [9.17, 15) is 18.0 Å². The zero-order chi connectivity index (χ0) is 19.3. The van der Waals surface area contributed by atoms with Gasteiger partial charge in [0.2, 0.25) is 0 Å². The number of carbonyl (C=O) groups is 1. The molecule has 1 heterocycles. The van der Waals surface area contributed by atoms with Crippen LogP contribution in [0.25, 0.3) is 0 Å². The van der Waals surface area contributed by atoms with Crippen molar-refractivity contribution in [1.82, 2.24) is 4.98 Å². The van der Waals surface area contributed by atoms with E-state index >= 15 is 0 Å². The van der Waals surface area contributed by atoms with Crippen LogP contribution in [0.15, 0.2) is 42.7 Å². The Balaban J connectivity index is 1.64. The van der Waals surface area contributed by atoms with Gasteiger partial charge in [0.15, 0.2) is 0 Å². The molecule has 0 unspecified atom stereocenters. The van der Waals surface area contributed by atoms with Crippen LogP contribution in [0.3, 0.4) is 0 Å². The number of rotatable bonds is 4. The summed E-state index contributed by atoms with van der Waals surface area (Å²) in [5, 5.41) is 6.04. The van der Waals surface area contributed by atoms with E-state index in [1.165, 1.54) is 44.0 Å². The molecule has 27 heavy (non-hydrogen) atoms. The maximum Gasteiger partial charge on any atom is 0.416 e. The molecule has 1 fully saturated rings. The average molecular weight is 377 g/mol. The number of alkyl halides is 3. The van der Waals surface area contributed by atoms with Crippen LogP contribution >= 0.6 is 0 Å². The Bertz CT molecular complexity index is 767. The molecule has 1 saturated carbocycles. The third-order valence-corrected chi connectivity index (χ3v) is 4.70. The minimum absolute atomic E-state index is 0.301. The van der Waals surface area contributed by atoms with Crippen molar-refractivity contribution < 1.29 is 18.0 Å². The molecule has 0 spiro atoms. The molecule has 1 aromatic carbocycles. The molecule has 144 valence electrons. The summed E-state index contributed by atoms with van der Waals surface area (Å²) in [6, 6.07) is 6.46. The van der Waals surface area contributed by atoms with E-state index in [2.05, 4.69) is 15.6 Å². The van der Waals surface area contributed by atoms with Crippen molar-refractivity contribution in [3.05, 3.63) is 53.9 Å². The van der Waals surface area contributed by atoms with Crippen molar-refractivity contribution in [1.29, 1.82) is 0 Å². The lowest BCUT2D eigenvalue weighted by molar-refractivity contribution is -0.137. The standard InChI is InChI=1S/C20H22F3N3O/c21-20(22,23)15-7-9-17(10-8-15)26-19(27)14-11-18(13-24-12-14)25-16-5-3-1-2-4-6-16/h7-13,16,25H,1-6H2,(H,26,27). The van der Waals surface area contributed by atoms with Crippen LogP contribution in [0, 0.1) is 0 Å². The zero-order valence-electron chi connectivity index (χ0n) is 14.9. The van der Waals surface area contributed by atoms with Gasteiger partial charge in [0.25, 0.3) is 5.91 Å². The molecule has 1 aliphatic carbocycles. The number of pyridine rings is 1. The van der Waals surface area contributed by atoms with Crippen molar-refractivity contribution in [2.45, 2.75) is 50.7 Å². The van der Waals surface area contributed by atoms with Crippen LogP contribution in [0.5, 0.6) is 0 Å². The van der Waals surface area contributed by atoms with E-state index in [-0.39, 0.29) is 0 Å². The van der Waals surface area contributed by atoms with Crippen molar-refractivity contribution in [3.8, 4) is 0 Å². The molecule has 0 saturated heterocycles. The van der Waals surface area contributed by atoms with E-state index in [1.54, 1.807) is 12.3 Å². The normalized spacial score (nSPS) is 15.8. The third-order valence-electron chi connectivity index (χ3n) is 4.70. The quantitative estimate of drug-likeness (QED) is 0.693. The molecule has 1 aliphatic rings. The summed E-state index contributed by atoms with van der Waals surface area (Å²) < 4.78 is 37.8. The number of nitrogens with zero attached hydrogens (tertiary/aromatic N) is 1. The number of carbonyl (C=O) groups excluding carboxylic acids is 1. The second-order valence-corrected chi connectivity index (χ2v) is 6.82. The third kappa shape index (κ3) is 5.45. The highest BCUT2D eigenvalue weighted by molar-refractivity contribution is 6.04. The number of aromatic nitrogens is 1. The molecule has 4 nitrogen and oxygen atoms in total. The smallest absolute Gasteiger partial charge is 0.381 e. The maximum absolute atomic E-state index is 12.6. The topological polar surface area (TPSA) is 54.0 Å². The number of benzene rings is 1. The van der Waals surface area contributed by atoms with Gasteiger partial charge in [0, 0.05) is 24.1 Å². The Morgan fingerprint density at radius 3 is 2.26 bits per heavy atom. The summed E-state index contributed by atoms with van der Waals surface area (Å²) in [5.74, 6) is -0.410. The summed E-state index contributed by atoms with van der Waals surface area (Å²) in [7, 11) is 0. The van der Waals surface area contributed by atoms with E-state index < -0.39 is 17.6 Å². The van der Waals surface area contributed by atoms with Gasteiger partial charge in [-0.1, -0.05) is 25.7 Å². The molecule has 2 N–H and O–H groups in total. The summed E-state index contributed by atoms with van der Waals surface area (Å²) in [6.45, 7) is 0. The monoisotopic (exact) mass is 377 g/mol. The molecule has 7 heteroatoms. The van der Waals surface area contributed by atoms with Gasteiger partial charge in [-0.3, -0.25) is 9.78 Å². The Morgan fingerprint density at radius 2 is 1.63 bits per heavy atom. The molecular formula is C20H22F3N3O. The predicted octanol–water partition coefficient (Wildman–Crippen LogP) is 5.49. The first-order valence-corrected chi connectivity index (χ1v) is 9.12. The number of amides is 1. The van der Waals surface area contributed by atoms with Crippen LogP contribution < -0.4 is 10.6 Å². The van der Waals surface area contributed by atoms with Crippen LogP contribution in [-0.2, 0) is 6.18 Å². The van der Waals surface area contributed by atoms with Gasteiger partial charge in [-0.15, -0.1) is 0 Å². The molecule has 3 rings (SSSR count). The molecule has 1 amide bonds. The average Bonchev–Trinajstić information content (AvgIpc) is 2.90. The van der Waals surface area contributed by atoms with Crippen molar-refractivity contribution in [2.75, 3.05) is 10.6 Å². The Hall–Kier alpha value is -2.57. The van der Waals surface area contributed by atoms with Gasteiger partial charge in [-0.05, 0) is 43.2 Å². The SMILES string of the molecule is O=C(Nc1ccc(C(F)(F)F)cc1)c1cncc(NC2CCCCCC2)c1. The summed E-state index contributed by atoms with van der Waals surface area (Å²) in [5.41, 5.74) is 0.683. The van der Waals surface area contributed by atoms with Crippen LogP contribution in [0.4, 0.5) is 24.5 Å². The summed E-state index contributed by atoms with van der Waals surface area (Å²) >= 11 is 0. The van der Waals surface area contributed by atoms with Gasteiger partial charge in [-0.2, -0.15) is 13.2 Å². The molecule has 2 aromatic rings. The second-order valence-electron chi connectivity index (χ2n) is 6.82. The fourth-order valence-electron chi connectivity index (χ4n) is 3.25. The molecule has 0 radical (unpaired) electrons. The lowest BCUT2D eigenvalue weighted by Gasteiger charge is -2.17. The predicted molar refractivity (Wildman–Crippen MR) is 98.7 cm³/mol. The minimum atomic E-state index is -4.40. The van der Waals surface area contributed by atoms with Crippen LogP contribution in [-0.4, -0.2) is 16.9 Å². The number of halogens is 3. The summed E-state index contributed by atoms with van der Waals surface area (Å²) in [4.78, 5) is 16.5. The van der Waals surface area contributed by atoms with Gasteiger partial charge in [-0.25, -0.2) is 0 Å². The number of anilines is 2. The highest BCUT2D eigenvalue weighted by atomic mass is 19.4. The maximum atomic E-state index is 12.6. The van der Waals surface area contributed by atoms with Gasteiger partial charge < -0.3 is 10.6 Å². The van der Waals surface area contributed by atoms with Crippen LogP contribution in [0.1, 0.15) is 54.4 Å². The lowest BCUT2D eigenvalue weighted by Crippen LogP contribution is -2.19. The van der Waals surface area contributed by atoms with E-state index in [1.807, 2.05) is 0 Å². The fraction of sp³-hybridized carbons (Fsp3) is 0.400. The second kappa shape index (κ2) is 8.41. The number of nitrogens with one attached hydrogen (secondary N) is 2. The first-order valence-electron chi connectivity index (χ1n) is 9.12. The number of hydrogen-bond donors (Lipinski definition) is 2. The van der Waals surface area contributed by atoms with Crippen molar-refractivity contribution in [3.63, 3.8) is 0 Å².